The van der Waals surface area contributed by atoms with Gasteiger partial charge in [0.25, 0.3) is 0 Å². The number of methoxy groups -OCH3 is 1. The summed E-state index contributed by atoms with van der Waals surface area (Å²) in [5.74, 6) is 0. The maximum atomic E-state index is 11.4. The van der Waals surface area contributed by atoms with Crippen LogP contribution in [0.1, 0.15) is 19.3 Å². The highest BCUT2D eigenvalue weighted by Gasteiger charge is 2.12. The van der Waals surface area contributed by atoms with Crippen LogP contribution in [0.3, 0.4) is 0 Å². The highest BCUT2D eigenvalue weighted by molar-refractivity contribution is 5.74. The second-order valence-electron chi connectivity index (χ2n) is 3.94. The van der Waals surface area contributed by atoms with Gasteiger partial charge in [0.05, 0.1) is 12.7 Å². The Balaban J connectivity index is 2.01. The molecule has 0 radical (unpaired) electrons. The Bertz CT molecular complexity index is 235. The van der Waals surface area contributed by atoms with Crippen molar-refractivity contribution in [3.05, 3.63) is 12.2 Å². The standard InChI is InChI=1S/C11H20N2O3/c1-16-8-10(14)6-7-12-11(15)13-9-4-2-3-5-9/h2-3,9-10,14H,4-8H2,1H3,(H2,12,13,15). The van der Waals surface area contributed by atoms with Crippen molar-refractivity contribution in [3.8, 4) is 0 Å². The Hall–Kier alpha value is -1.07. The number of carbonyl (C=O) groups is 1. The van der Waals surface area contributed by atoms with Crippen LogP contribution in [0.4, 0.5) is 4.79 Å². The van der Waals surface area contributed by atoms with Crippen LogP contribution in [0.2, 0.25) is 0 Å². The third kappa shape index (κ3) is 5.14. The van der Waals surface area contributed by atoms with E-state index in [1.54, 1.807) is 0 Å². The molecule has 16 heavy (non-hydrogen) atoms. The lowest BCUT2D eigenvalue weighted by Crippen LogP contribution is -2.42. The first-order valence-corrected chi connectivity index (χ1v) is 5.58. The minimum absolute atomic E-state index is 0.168. The molecule has 92 valence electrons. The van der Waals surface area contributed by atoms with E-state index in [1.165, 1.54) is 7.11 Å². The van der Waals surface area contributed by atoms with E-state index in [0.29, 0.717) is 19.6 Å². The van der Waals surface area contributed by atoms with Crippen molar-refractivity contribution in [2.75, 3.05) is 20.3 Å². The van der Waals surface area contributed by atoms with Crippen LogP contribution in [-0.2, 0) is 4.74 Å². The van der Waals surface area contributed by atoms with Gasteiger partial charge >= 0.3 is 6.03 Å². The maximum Gasteiger partial charge on any atom is 0.315 e. The fourth-order valence-electron chi connectivity index (χ4n) is 1.60. The molecule has 5 nitrogen and oxygen atoms in total. The van der Waals surface area contributed by atoms with E-state index in [2.05, 4.69) is 22.8 Å². The predicted molar refractivity (Wildman–Crippen MR) is 61.2 cm³/mol. The van der Waals surface area contributed by atoms with E-state index in [4.69, 9.17) is 4.74 Å². The molecule has 1 unspecified atom stereocenters. The van der Waals surface area contributed by atoms with E-state index in [9.17, 15) is 9.90 Å². The van der Waals surface area contributed by atoms with Gasteiger partial charge < -0.3 is 20.5 Å². The van der Waals surface area contributed by atoms with Gasteiger partial charge in [-0.05, 0) is 19.3 Å². The summed E-state index contributed by atoms with van der Waals surface area (Å²) in [4.78, 5) is 11.4. The van der Waals surface area contributed by atoms with Crippen molar-refractivity contribution < 1.29 is 14.6 Å². The van der Waals surface area contributed by atoms with Crippen LogP contribution >= 0.6 is 0 Å². The van der Waals surface area contributed by atoms with Gasteiger partial charge in [0, 0.05) is 19.7 Å². The van der Waals surface area contributed by atoms with Gasteiger partial charge in [-0.25, -0.2) is 4.79 Å². The smallest absolute Gasteiger partial charge is 0.315 e. The van der Waals surface area contributed by atoms with Crippen molar-refractivity contribution in [2.24, 2.45) is 0 Å². The average Bonchev–Trinajstić information content (AvgIpc) is 2.70. The zero-order valence-corrected chi connectivity index (χ0v) is 9.61. The first kappa shape index (κ1) is 13.0. The minimum atomic E-state index is -0.515. The molecule has 1 rings (SSSR count). The zero-order chi connectivity index (χ0) is 11.8. The lowest BCUT2D eigenvalue weighted by molar-refractivity contribution is 0.0598. The summed E-state index contributed by atoms with van der Waals surface area (Å²) in [5, 5.41) is 14.9. The molecule has 1 aliphatic carbocycles. The second-order valence-corrected chi connectivity index (χ2v) is 3.94. The second kappa shape index (κ2) is 7.24. The highest BCUT2D eigenvalue weighted by atomic mass is 16.5. The first-order chi connectivity index (χ1) is 7.72. The summed E-state index contributed by atoms with van der Waals surface area (Å²) in [6.07, 6.45) is 5.92. The Labute approximate surface area is 95.9 Å². The number of amides is 2. The highest BCUT2D eigenvalue weighted by Crippen LogP contribution is 2.08. The van der Waals surface area contributed by atoms with Crippen LogP contribution in [0.5, 0.6) is 0 Å². The van der Waals surface area contributed by atoms with Crippen molar-refractivity contribution in [3.63, 3.8) is 0 Å². The van der Waals surface area contributed by atoms with Crippen LogP contribution < -0.4 is 10.6 Å². The molecule has 0 saturated carbocycles. The molecule has 0 fully saturated rings. The molecule has 0 aromatic carbocycles. The van der Waals surface area contributed by atoms with Gasteiger partial charge in [-0.15, -0.1) is 0 Å². The molecule has 0 spiro atoms. The minimum Gasteiger partial charge on any atom is -0.391 e. The number of ether oxygens (including phenoxy) is 1. The molecular weight excluding hydrogens is 208 g/mol. The van der Waals surface area contributed by atoms with E-state index >= 15 is 0 Å². The first-order valence-electron chi connectivity index (χ1n) is 5.58. The lowest BCUT2D eigenvalue weighted by Gasteiger charge is -2.14. The number of hydrogen-bond donors (Lipinski definition) is 3. The van der Waals surface area contributed by atoms with Gasteiger partial charge in [-0.2, -0.15) is 0 Å². The summed E-state index contributed by atoms with van der Waals surface area (Å²) >= 11 is 0. The maximum absolute atomic E-state index is 11.4. The fraction of sp³-hybridized carbons (Fsp3) is 0.727. The molecule has 3 N–H and O–H groups in total. The number of aliphatic hydroxyl groups is 1. The summed E-state index contributed by atoms with van der Waals surface area (Å²) in [6, 6.07) is 0.0576. The Kier molecular flexibility index (Phi) is 5.88. The molecule has 1 atom stereocenters. The molecule has 0 aromatic rings. The van der Waals surface area contributed by atoms with Gasteiger partial charge in [0.1, 0.15) is 0 Å². The monoisotopic (exact) mass is 228 g/mol. The molecule has 1 aliphatic rings. The largest absolute Gasteiger partial charge is 0.391 e. The number of hydrogen-bond acceptors (Lipinski definition) is 3. The van der Waals surface area contributed by atoms with E-state index in [1.807, 2.05) is 0 Å². The van der Waals surface area contributed by atoms with E-state index in [0.717, 1.165) is 12.8 Å². The molecule has 2 amide bonds. The SMILES string of the molecule is COCC(O)CCNC(=O)NC1CC=CC1. The van der Waals surface area contributed by atoms with Crippen LogP contribution in [0.25, 0.3) is 0 Å². The number of carbonyl (C=O) groups excluding carboxylic acids is 1. The van der Waals surface area contributed by atoms with Gasteiger partial charge in [-0.1, -0.05) is 12.2 Å². The van der Waals surface area contributed by atoms with Crippen LogP contribution in [0.15, 0.2) is 12.2 Å². The molecule has 5 heteroatoms. The Morgan fingerprint density at radius 1 is 1.56 bits per heavy atom. The van der Waals surface area contributed by atoms with Crippen molar-refractivity contribution in [2.45, 2.75) is 31.4 Å². The summed E-state index contributed by atoms with van der Waals surface area (Å²) in [7, 11) is 1.54. The molecule has 0 aromatic heterocycles. The average molecular weight is 228 g/mol. The molecule has 0 saturated heterocycles. The molecule has 0 bridgehead atoms. The number of nitrogens with one attached hydrogen (secondary N) is 2. The third-order valence-corrected chi connectivity index (χ3v) is 2.47. The summed E-state index contributed by atoms with van der Waals surface area (Å²) in [6.45, 7) is 0.756. The van der Waals surface area contributed by atoms with Gasteiger partial charge in [0.15, 0.2) is 0 Å². The lowest BCUT2D eigenvalue weighted by atomic mass is 10.2. The number of aliphatic hydroxyl groups excluding tert-OH is 1. The Morgan fingerprint density at radius 3 is 2.88 bits per heavy atom. The Morgan fingerprint density at radius 2 is 2.25 bits per heavy atom. The van der Waals surface area contributed by atoms with Crippen molar-refractivity contribution in [1.29, 1.82) is 0 Å². The van der Waals surface area contributed by atoms with Crippen molar-refractivity contribution >= 4 is 6.03 Å². The zero-order valence-electron chi connectivity index (χ0n) is 9.61. The number of urea groups is 1. The molecule has 0 aliphatic heterocycles. The van der Waals surface area contributed by atoms with Crippen molar-refractivity contribution in [1.82, 2.24) is 10.6 Å². The van der Waals surface area contributed by atoms with Crippen LogP contribution in [0, 0.1) is 0 Å². The fourth-order valence-corrected chi connectivity index (χ4v) is 1.60. The number of rotatable bonds is 6. The summed E-state index contributed by atoms with van der Waals surface area (Å²) in [5.41, 5.74) is 0. The van der Waals surface area contributed by atoms with E-state index < -0.39 is 6.10 Å². The quantitative estimate of drug-likeness (QED) is 0.576. The normalized spacial score (nSPS) is 17.4. The topological polar surface area (TPSA) is 70.6 Å². The molecular formula is C11H20N2O3. The molecule has 0 heterocycles. The van der Waals surface area contributed by atoms with Crippen LogP contribution in [-0.4, -0.2) is 43.5 Å². The van der Waals surface area contributed by atoms with Gasteiger partial charge in [0.2, 0.25) is 0 Å². The van der Waals surface area contributed by atoms with Gasteiger partial charge in [-0.3, -0.25) is 0 Å². The third-order valence-electron chi connectivity index (χ3n) is 2.47. The predicted octanol–water partition coefficient (Wildman–Crippen LogP) is 0.402. The van der Waals surface area contributed by atoms with E-state index in [-0.39, 0.29) is 12.1 Å². The summed E-state index contributed by atoms with van der Waals surface area (Å²) < 4.78 is 4.78.